The zero-order valence-electron chi connectivity index (χ0n) is 9.86. The number of ether oxygens (including phenoxy) is 2. The van der Waals surface area contributed by atoms with Gasteiger partial charge in [0.15, 0.2) is 0 Å². The molecule has 0 amide bonds. The van der Waals surface area contributed by atoms with Crippen molar-refractivity contribution in [2.75, 3.05) is 13.2 Å². The summed E-state index contributed by atoms with van der Waals surface area (Å²) in [5, 5.41) is 0. The lowest BCUT2D eigenvalue weighted by Crippen LogP contribution is -2.09. The summed E-state index contributed by atoms with van der Waals surface area (Å²) >= 11 is 0. The van der Waals surface area contributed by atoms with E-state index in [1.54, 1.807) is 6.92 Å². The minimum absolute atomic E-state index is 0.213. The molecule has 0 saturated carbocycles. The molecular weight excluding hydrogens is 204 g/mol. The normalized spacial score (nSPS) is 9.88. The predicted molar refractivity (Wildman–Crippen MR) is 62.6 cm³/mol. The lowest BCUT2D eigenvalue weighted by Gasteiger charge is -2.10. The molecule has 1 aromatic rings. The predicted octanol–water partition coefficient (Wildman–Crippen LogP) is 2.58. The number of rotatable bonds is 6. The molecule has 0 saturated heterocycles. The first-order valence-corrected chi connectivity index (χ1v) is 5.64. The van der Waals surface area contributed by atoms with Crippen LogP contribution in [0, 0.1) is 0 Å². The van der Waals surface area contributed by atoms with Gasteiger partial charge in [-0.2, -0.15) is 0 Å². The molecule has 0 bridgehead atoms. The highest BCUT2D eigenvalue weighted by atomic mass is 16.5. The fraction of sp³-hybridized carbons (Fsp3) is 0.462. The number of carbonyl (C=O) groups excluding carboxylic acids is 1. The van der Waals surface area contributed by atoms with Gasteiger partial charge in [0.1, 0.15) is 5.75 Å². The molecule has 16 heavy (non-hydrogen) atoms. The van der Waals surface area contributed by atoms with Crippen molar-refractivity contribution in [3.05, 3.63) is 29.8 Å². The van der Waals surface area contributed by atoms with Gasteiger partial charge in [-0.1, -0.05) is 25.1 Å². The zero-order chi connectivity index (χ0) is 11.8. The first kappa shape index (κ1) is 12.6. The Labute approximate surface area is 96.4 Å². The van der Waals surface area contributed by atoms with E-state index in [9.17, 15) is 4.79 Å². The molecule has 0 atom stereocenters. The van der Waals surface area contributed by atoms with Crippen LogP contribution in [0.25, 0.3) is 0 Å². The van der Waals surface area contributed by atoms with Crippen LogP contribution in [0.5, 0.6) is 5.75 Å². The summed E-state index contributed by atoms with van der Waals surface area (Å²) in [5.41, 5.74) is 0.884. The molecule has 0 aliphatic carbocycles. The summed E-state index contributed by atoms with van der Waals surface area (Å²) in [4.78, 5) is 11.4. The van der Waals surface area contributed by atoms with Crippen molar-refractivity contribution in [3.63, 3.8) is 0 Å². The van der Waals surface area contributed by atoms with Crippen LogP contribution in [0.2, 0.25) is 0 Å². The number of hydrogen-bond acceptors (Lipinski definition) is 3. The average Bonchev–Trinajstić information content (AvgIpc) is 2.28. The standard InChI is InChI=1S/C13H18O3/c1-3-9-16-12-8-6-5-7-11(12)10-13(14)15-4-2/h5-8H,3-4,9-10H2,1-2H3. The molecule has 3 nitrogen and oxygen atoms in total. The van der Waals surface area contributed by atoms with Crippen LogP contribution in [-0.4, -0.2) is 19.2 Å². The van der Waals surface area contributed by atoms with E-state index in [4.69, 9.17) is 9.47 Å². The highest BCUT2D eigenvalue weighted by Crippen LogP contribution is 2.19. The van der Waals surface area contributed by atoms with E-state index in [-0.39, 0.29) is 12.4 Å². The van der Waals surface area contributed by atoms with Crippen LogP contribution in [0.3, 0.4) is 0 Å². The molecule has 1 rings (SSSR count). The Morgan fingerprint density at radius 2 is 2.00 bits per heavy atom. The van der Waals surface area contributed by atoms with Crippen molar-refractivity contribution in [2.45, 2.75) is 26.7 Å². The fourth-order valence-corrected chi connectivity index (χ4v) is 1.37. The van der Waals surface area contributed by atoms with Gasteiger partial charge in [0.05, 0.1) is 19.6 Å². The Hall–Kier alpha value is -1.51. The van der Waals surface area contributed by atoms with Crippen molar-refractivity contribution < 1.29 is 14.3 Å². The maximum atomic E-state index is 11.4. The summed E-state index contributed by atoms with van der Waals surface area (Å²) in [6, 6.07) is 7.57. The summed E-state index contributed by atoms with van der Waals surface area (Å²) < 4.78 is 10.5. The van der Waals surface area contributed by atoms with Crippen molar-refractivity contribution in [2.24, 2.45) is 0 Å². The molecule has 0 N–H and O–H groups in total. The Morgan fingerprint density at radius 3 is 2.69 bits per heavy atom. The van der Waals surface area contributed by atoms with Crippen LogP contribution in [0.1, 0.15) is 25.8 Å². The molecule has 0 heterocycles. The summed E-state index contributed by atoms with van der Waals surface area (Å²) in [7, 11) is 0. The monoisotopic (exact) mass is 222 g/mol. The molecule has 0 fully saturated rings. The van der Waals surface area contributed by atoms with Crippen LogP contribution in [0.4, 0.5) is 0 Å². The fourth-order valence-electron chi connectivity index (χ4n) is 1.37. The first-order valence-electron chi connectivity index (χ1n) is 5.64. The van der Waals surface area contributed by atoms with Gasteiger partial charge in [-0.05, 0) is 19.4 Å². The molecule has 0 spiro atoms. The molecule has 1 aromatic carbocycles. The van der Waals surface area contributed by atoms with E-state index in [1.165, 1.54) is 0 Å². The second kappa shape index (κ2) is 6.88. The van der Waals surface area contributed by atoms with Crippen LogP contribution < -0.4 is 4.74 Å². The molecule has 3 heteroatoms. The lowest BCUT2D eigenvalue weighted by molar-refractivity contribution is -0.142. The number of carbonyl (C=O) groups is 1. The van der Waals surface area contributed by atoms with Crippen molar-refractivity contribution in [1.82, 2.24) is 0 Å². The summed E-state index contributed by atoms with van der Waals surface area (Å²) in [6.07, 6.45) is 1.22. The van der Waals surface area contributed by atoms with Gasteiger partial charge >= 0.3 is 5.97 Å². The number of para-hydroxylation sites is 1. The SMILES string of the molecule is CCCOc1ccccc1CC(=O)OCC. The van der Waals surface area contributed by atoms with E-state index >= 15 is 0 Å². The highest BCUT2D eigenvalue weighted by molar-refractivity contribution is 5.73. The van der Waals surface area contributed by atoms with E-state index in [0.717, 1.165) is 17.7 Å². The van der Waals surface area contributed by atoms with Crippen LogP contribution in [-0.2, 0) is 16.0 Å². The van der Waals surface area contributed by atoms with Gasteiger partial charge in [-0.15, -0.1) is 0 Å². The molecule has 0 aliphatic heterocycles. The van der Waals surface area contributed by atoms with Crippen LogP contribution in [0.15, 0.2) is 24.3 Å². The number of hydrogen-bond donors (Lipinski definition) is 0. The third-order valence-corrected chi connectivity index (χ3v) is 2.07. The van der Waals surface area contributed by atoms with Crippen molar-refractivity contribution >= 4 is 5.97 Å². The Balaban J connectivity index is 2.66. The third-order valence-electron chi connectivity index (χ3n) is 2.07. The van der Waals surface area contributed by atoms with Crippen molar-refractivity contribution in [3.8, 4) is 5.75 Å². The third kappa shape index (κ3) is 3.93. The minimum atomic E-state index is -0.213. The summed E-state index contributed by atoms with van der Waals surface area (Å²) in [6.45, 7) is 4.93. The van der Waals surface area contributed by atoms with Gasteiger partial charge in [0, 0.05) is 5.56 Å². The van der Waals surface area contributed by atoms with E-state index in [1.807, 2.05) is 31.2 Å². The van der Waals surface area contributed by atoms with Crippen molar-refractivity contribution in [1.29, 1.82) is 0 Å². The zero-order valence-corrected chi connectivity index (χ0v) is 9.86. The molecule has 0 aromatic heterocycles. The number of esters is 1. The molecule has 0 aliphatic rings. The second-order valence-electron chi connectivity index (χ2n) is 3.44. The molecular formula is C13H18O3. The van der Waals surface area contributed by atoms with E-state index < -0.39 is 0 Å². The average molecular weight is 222 g/mol. The maximum Gasteiger partial charge on any atom is 0.310 e. The van der Waals surface area contributed by atoms with Gasteiger partial charge < -0.3 is 9.47 Å². The van der Waals surface area contributed by atoms with E-state index in [2.05, 4.69) is 0 Å². The second-order valence-corrected chi connectivity index (χ2v) is 3.44. The molecule has 88 valence electrons. The highest BCUT2D eigenvalue weighted by Gasteiger charge is 2.08. The van der Waals surface area contributed by atoms with Gasteiger partial charge in [0.25, 0.3) is 0 Å². The Kier molecular flexibility index (Phi) is 5.40. The van der Waals surface area contributed by atoms with Gasteiger partial charge in [0.2, 0.25) is 0 Å². The largest absolute Gasteiger partial charge is 0.493 e. The first-order chi connectivity index (χ1) is 7.77. The molecule has 0 radical (unpaired) electrons. The molecule has 0 unspecified atom stereocenters. The smallest absolute Gasteiger partial charge is 0.310 e. The Bertz CT molecular complexity index is 334. The Morgan fingerprint density at radius 1 is 1.25 bits per heavy atom. The number of benzene rings is 1. The topological polar surface area (TPSA) is 35.5 Å². The maximum absolute atomic E-state index is 11.4. The van der Waals surface area contributed by atoms with Gasteiger partial charge in [-0.3, -0.25) is 4.79 Å². The quantitative estimate of drug-likeness (QED) is 0.694. The summed E-state index contributed by atoms with van der Waals surface area (Å²) in [5.74, 6) is 0.562. The van der Waals surface area contributed by atoms with Gasteiger partial charge in [-0.25, -0.2) is 0 Å². The van der Waals surface area contributed by atoms with Crippen LogP contribution >= 0.6 is 0 Å². The lowest BCUT2D eigenvalue weighted by atomic mass is 10.1. The van der Waals surface area contributed by atoms with E-state index in [0.29, 0.717) is 13.2 Å². The minimum Gasteiger partial charge on any atom is -0.493 e.